The fourth-order valence-electron chi connectivity index (χ4n) is 6.69. The molecule has 2 bridgehead atoms. The predicted molar refractivity (Wildman–Crippen MR) is 129 cm³/mol. The molecular formula is C29H26FNO4. The minimum absolute atomic E-state index is 0.0867. The highest BCUT2D eigenvalue weighted by Crippen LogP contribution is 2.75. The number of fused-ring (bicyclic) bond motifs is 3. The Morgan fingerprint density at radius 3 is 2.20 bits per heavy atom. The van der Waals surface area contributed by atoms with Crippen LogP contribution in [0.5, 0.6) is 0 Å². The van der Waals surface area contributed by atoms with Crippen LogP contribution in [-0.2, 0) is 14.9 Å². The van der Waals surface area contributed by atoms with Crippen molar-refractivity contribution in [1.29, 1.82) is 0 Å². The number of halogens is 1. The van der Waals surface area contributed by atoms with Gasteiger partial charge in [0.2, 0.25) is 0 Å². The molecular weight excluding hydrogens is 445 g/mol. The Hall–Kier alpha value is -3.67. The maximum absolute atomic E-state index is 13.7. The fraction of sp³-hybridized carbons (Fsp3) is 0.310. The van der Waals surface area contributed by atoms with E-state index in [2.05, 4.69) is 17.4 Å². The van der Waals surface area contributed by atoms with Crippen LogP contribution >= 0.6 is 0 Å². The number of carboxylic acid groups (broad SMARTS) is 1. The molecule has 3 aromatic rings. The molecule has 5 nitrogen and oxygen atoms in total. The molecule has 3 fully saturated rings. The number of rotatable bonds is 6. The van der Waals surface area contributed by atoms with Gasteiger partial charge >= 0.3 is 12.1 Å². The first-order chi connectivity index (χ1) is 16.8. The molecule has 0 spiro atoms. The summed E-state index contributed by atoms with van der Waals surface area (Å²) in [7, 11) is 0. The second kappa shape index (κ2) is 7.67. The van der Waals surface area contributed by atoms with E-state index in [0.717, 1.165) is 27.8 Å². The summed E-state index contributed by atoms with van der Waals surface area (Å²) >= 11 is 0. The van der Waals surface area contributed by atoms with Crippen molar-refractivity contribution >= 4 is 12.1 Å². The number of hydrogen-bond acceptors (Lipinski definition) is 3. The molecule has 35 heavy (non-hydrogen) atoms. The lowest BCUT2D eigenvalue weighted by molar-refractivity contribution is -0.183. The fourth-order valence-corrected chi connectivity index (χ4v) is 6.69. The van der Waals surface area contributed by atoms with Crippen LogP contribution in [0.3, 0.4) is 0 Å². The number of nitrogens with one attached hydrogen (secondary N) is 1. The summed E-state index contributed by atoms with van der Waals surface area (Å²) in [5.74, 6) is -1.38. The molecule has 7 rings (SSSR count). The minimum Gasteiger partial charge on any atom is -0.480 e. The largest absolute Gasteiger partial charge is 0.480 e. The zero-order valence-corrected chi connectivity index (χ0v) is 19.4. The van der Waals surface area contributed by atoms with E-state index in [-0.39, 0.29) is 23.8 Å². The van der Waals surface area contributed by atoms with Gasteiger partial charge in [0.05, 0.1) is 0 Å². The van der Waals surface area contributed by atoms with Gasteiger partial charge in [-0.25, -0.2) is 14.0 Å². The Morgan fingerprint density at radius 2 is 1.63 bits per heavy atom. The summed E-state index contributed by atoms with van der Waals surface area (Å²) in [5, 5.41) is 12.5. The zero-order chi connectivity index (χ0) is 24.4. The van der Waals surface area contributed by atoms with Crippen molar-refractivity contribution in [2.45, 2.75) is 43.6 Å². The second-order valence-corrected chi connectivity index (χ2v) is 10.4. The summed E-state index contributed by atoms with van der Waals surface area (Å²) in [6.07, 6.45) is 1.26. The third-order valence-corrected chi connectivity index (χ3v) is 8.31. The van der Waals surface area contributed by atoms with E-state index < -0.39 is 23.5 Å². The van der Waals surface area contributed by atoms with Crippen molar-refractivity contribution in [2.75, 3.05) is 6.61 Å². The molecule has 6 heteroatoms. The highest BCUT2D eigenvalue weighted by atomic mass is 19.1. The highest BCUT2D eigenvalue weighted by Gasteiger charge is 2.72. The van der Waals surface area contributed by atoms with Gasteiger partial charge in [0.25, 0.3) is 0 Å². The van der Waals surface area contributed by atoms with Crippen molar-refractivity contribution in [2.24, 2.45) is 5.41 Å². The number of benzene rings is 3. The van der Waals surface area contributed by atoms with Crippen molar-refractivity contribution in [3.05, 3.63) is 94.8 Å². The normalized spacial score (nSPS) is 24.4. The van der Waals surface area contributed by atoms with Crippen molar-refractivity contribution in [3.63, 3.8) is 0 Å². The van der Waals surface area contributed by atoms with Crippen LogP contribution in [0.4, 0.5) is 9.18 Å². The summed E-state index contributed by atoms with van der Waals surface area (Å²) in [6.45, 7) is 1.87. The number of ether oxygens (including phenoxy) is 1. The lowest BCUT2D eigenvalue weighted by Gasteiger charge is -2.72. The maximum atomic E-state index is 13.7. The van der Waals surface area contributed by atoms with E-state index in [1.165, 1.54) is 6.07 Å². The molecule has 0 saturated heterocycles. The molecule has 0 radical (unpaired) electrons. The number of carbonyl (C=O) groups excluding carboxylic acids is 1. The lowest BCUT2D eigenvalue weighted by atomic mass is 9.31. The van der Waals surface area contributed by atoms with Gasteiger partial charge in [-0.3, -0.25) is 0 Å². The van der Waals surface area contributed by atoms with Crippen LogP contribution in [0.25, 0.3) is 11.1 Å². The number of amides is 1. The molecule has 1 atom stereocenters. The first kappa shape index (κ1) is 21.8. The number of aliphatic carboxylic acids is 1. The SMILES string of the molecule is Cc1cc(C23CC(C(NC(=O)OCC4c5ccccc5-c5ccccc54)C(=O)O)(C2)C3)ccc1F. The Labute approximate surface area is 202 Å². The summed E-state index contributed by atoms with van der Waals surface area (Å²) in [4.78, 5) is 24.8. The molecule has 3 saturated carbocycles. The van der Waals surface area contributed by atoms with Gasteiger partial charge in [-0.15, -0.1) is 0 Å². The lowest BCUT2D eigenvalue weighted by Crippen LogP contribution is -2.73. The van der Waals surface area contributed by atoms with E-state index in [9.17, 15) is 19.1 Å². The zero-order valence-electron chi connectivity index (χ0n) is 19.4. The summed E-state index contributed by atoms with van der Waals surface area (Å²) < 4.78 is 19.3. The van der Waals surface area contributed by atoms with Gasteiger partial charge in [0, 0.05) is 11.3 Å². The number of carbonyl (C=O) groups is 2. The second-order valence-electron chi connectivity index (χ2n) is 10.4. The Balaban J connectivity index is 1.13. The number of alkyl carbamates (subject to hydrolysis) is 1. The molecule has 4 aliphatic rings. The van der Waals surface area contributed by atoms with Crippen LogP contribution in [0, 0.1) is 18.2 Å². The standard InChI is InChI=1S/C29H26FNO4/c1-17-12-18(10-11-24(17)30)28-14-29(15-28,16-28)25(26(32)33)31-27(34)35-13-23-21-8-4-2-6-19(21)20-7-3-5-9-22(20)23/h2-12,23,25H,13-16H2,1H3,(H,31,34)(H,32,33). The molecule has 1 amide bonds. The van der Waals surface area contributed by atoms with Crippen LogP contribution < -0.4 is 5.32 Å². The quantitative estimate of drug-likeness (QED) is 0.494. The monoisotopic (exact) mass is 471 g/mol. The first-order valence-electron chi connectivity index (χ1n) is 11.9. The average Bonchev–Trinajstić information content (AvgIpc) is 3.11. The van der Waals surface area contributed by atoms with Crippen LogP contribution in [0.2, 0.25) is 0 Å². The number of aryl methyl sites for hydroxylation is 1. The van der Waals surface area contributed by atoms with E-state index in [1.807, 2.05) is 42.5 Å². The van der Waals surface area contributed by atoms with Crippen LogP contribution in [-0.4, -0.2) is 29.8 Å². The summed E-state index contributed by atoms with van der Waals surface area (Å²) in [6, 6.07) is 20.3. The Morgan fingerprint density at radius 1 is 1.03 bits per heavy atom. The van der Waals surface area contributed by atoms with Gasteiger partial charge in [0.15, 0.2) is 0 Å². The highest BCUT2D eigenvalue weighted by molar-refractivity contribution is 5.82. The third kappa shape index (κ3) is 3.27. The van der Waals surface area contributed by atoms with Gasteiger partial charge in [-0.2, -0.15) is 0 Å². The van der Waals surface area contributed by atoms with Gasteiger partial charge in [0.1, 0.15) is 18.5 Å². The van der Waals surface area contributed by atoms with E-state index in [4.69, 9.17) is 4.74 Å². The van der Waals surface area contributed by atoms with Crippen LogP contribution in [0.15, 0.2) is 66.7 Å². The number of carboxylic acids is 1. The molecule has 2 N–H and O–H groups in total. The van der Waals surface area contributed by atoms with Gasteiger partial charge in [-0.1, -0.05) is 60.7 Å². The molecule has 0 aromatic heterocycles. The Bertz CT molecular complexity index is 1300. The molecule has 3 aromatic carbocycles. The molecule has 4 aliphatic carbocycles. The summed E-state index contributed by atoms with van der Waals surface area (Å²) in [5.41, 5.74) is 5.51. The van der Waals surface area contributed by atoms with Crippen molar-refractivity contribution in [1.82, 2.24) is 5.32 Å². The predicted octanol–water partition coefficient (Wildman–Crippen LogP) is 5.55. The average molecular weight is 472 g/mol. The van der Waals surface area contributed by atoms with Crippen molar-refractivity contribution in [3.8, 4) is 11.1 Å². The smallest absolute Gasteiger partial charge is 0.407 e. The van der Waals surface area contributed by atoms with Crippen LogP contribution in [0.1, 0.15) is 47.4 Å². The van der Waals surface area contributed by atoms with E-state index >= 15 is 0 Å². The molecule has 0 aliphatic heterocycles. The Kier molecular flexibility index (Phi) is 4.78. The van der Waals surface area contributed by atoms with Crippen molar-refractivity contribution < 1.29 is 23.8 Å². The maximum Gasteiger partial charge on any atom is 0.407 e. The van der Waals surface area contributed by atoms with Gasteiger partial charge in [-0.05, 0) is 71.0 Å². The topological polar surface area (TPSA) is 75.6 Å². The first-order valence-corrected chi connectivity index (χ1v) is 11.9. The molecule has 1 unspecified atom stereocenters. The van der Waals surface area contributed by atoms with Gasteiger partial charge < -0.3 is 15.2 Å². The third-order valence-electron chi connectivity index (χ3n) is 8.31. The minimum atomic E-state index is -1.05. The van der Waals surface area contributed by atoms with E-state index in [1.54, 1.807) is 13.0 Å². The number of hydrogen-bond donors (Lipinski definition) is 2. The molecule has 0 heterocycles. The molecule has 178 valence electrons. The van der Waals surface area contributed by atoms with E-state index in [0.29, 0.717) is 24.8 Å².